The molecule has 0 saturated carbocycles. The molecule has 0 bridgehead atoms. The van der Waals surface area contributed by atoms with Crippen molar-refractivity contribution in [3.63, 3.8) is 0 Å². The number of halogens is 1. The molecule has 0 fully saturated rings. The van der Waals surface area contributed by atoms with E-state index in [-0.39, 0.29) is 16.6 Å². The van der Waals surface area contributed by atoms with Gasteiger partial charge in [-0.25, -0.2) is 5.43 Å². The Balaban J connectivity index is 4.25. The third kappa shape index (κ3) is 2.76. The predicted octanol–water partition coefficient (Wildman–Crippen LogP) is 0.558. The minimum atomic E-state index is -0.369. The van der Waals surface area contributed by atoms with Gasteiger partial charge in [-0.1, -0.05) is 16.8 Å². The Hall–Kier alpha value is -1.43. The van der Waals surface area contributed by atoms with E-state index in [2.05, 4.69) is 5.22 Å². The molecule has 0 rings (SSSR count). The molecule has 60 valence electrons. The number of hydrogen-bond acceptors (Lipinski definition) is 5. The molecule has 6 N–H and O–H groups in total. The second-order valence-corrected chi connectivity index (χ2v) is 1.90. The van der Waals surface area contributed by atoms with Crippen molar-refractivity contribution in [2.24, 2.45) is 11.0 Å². The maximum Gasteiger partial charge on any atom is 0.167 e. The number of nitrogens with zero attached hydrogens (tertiary/aromatic N) is 1. The number of nitrogens with one attached hydrogen (secondary N) is 4. The molecule has 0 aliphatic carbocycles. The average Bonchev–Trinajstić information content (AvgIpc) is 2.02. The zero-order valence-electron chi connectivity index (χ0n) is 5.48. The zero-order chi connectivity index (χ0) is 8.85. The highest BCUT2D eigenvalue weighted by Crippen LogP contribution is 2.00. The Morgan fingerprint density at radius 1 is 1.55 bits per heavy atom. The zero-order valence-corrected chi connectivity index (χ0v) is 6.24. The quantitative estimate of drug-likeness (QED) is 0.186. The van der Waals surface area contributed by atoms with E-state index in [9.17, 15) is 0 Å². The maximum absolute atomic E-state index is 7.09. The summed E-state index contributed by atoms with van der Waals surface area (Å²) in [5, 5.41) is 16.7. The third-order valence-electron chi connectivity index (χ3n) is 0.803. The van der Waals surface area contributed by atoms with E-state index < -0.39 is 0 Å². The first kappa shape index (κ1) is 9.57. The third-order valence-corrected chi connectivity index (χ3v) is 1.12. The van der Waals surface area contributed by atoms with Crippen LogP contribution in [0.3, 0.4) is 0 Å². The molecular formula is C4H7ClN6. The highest BCUT2D eigenvalue weighted by molar-refractivity contribution is 6.58. The van der Waals surface area contributed by atoms with E-state index in [0.29, 0.717) is 0 Å². The van der Waals surface area contributed by atoms with Gasteiger partial charge in [-0.2, -0.15) is 5.53 Å². The Labute approximate surface area is 67.9 Å². The van der Waals surface area contributed by atoms with Crippen molar-refractivity contribution in [3.8, 4) is 0 Å². The molecule has 0 aliphatic heterocycles. The van der Waals surface area contributed by atoms with Crippen LogP contribution in [0.15, 0.2) is 16.5 Å². The minimum Gasteiger partial charge on any atom is -0.403 e. The Morgan fingerprint density at radius 2 is 2.09 bits per heavy atom. The van der Waals surface area contributed by atoms with Crippen LogP contribution in [0.25, 0.3) is 0 Å². The van der Waals surface area contributed by atoms with E-state index >= 15 is 0 Å². The van der Waals surface area contributed by atoms with E-state index in [1.54, 1.807) is 0 Å². The van der Waals surface area contributed by atoms with Crippen molar-refractivity contribution < 1.29 is 0 Å². The SMILES string of the molecule is N=NNC(=N)C(=N)/C(Cl)=C\N. The van der Waals surface area contributed by atoms with Crippen LogP contribution in [0, 0.1) is 16.3 Å². The summed E-state index contributed by atoms with van der Waals surface area (Å²) in [6, 6.07) is 0. The topological polar surface area (TPSA) is 122 Å². The highest BCUT2D eigenvalue weighted by Gasteiger charge is 2.06. The smallest absolute Gasteiger partial charge is 0.167 e. The normalized spacial score (nSPS) is 10.5. The molecule has 7 heteroatoms. The molecular weight excluding hydrogens is 168 g/mol. The fourth-order valence-electron chi connectivity index (χ4n) is 0.315. The molecule has 0 aromatic carbocycles. The fourth-order valence-corrected chi connectivity index (χ4v) is 0.409. The van der Waals surface area contributed by atoms with Crippen LogP contribution in [0.2, 0.25) is 0 Å². The lowest BCUT2D eigenvalue weighted by Gasteiger charge is -2.00. The van der Waals surface area contributed by atoms with Gasteiger partial charge in [0.2, 0.25) is 0 Å². The monoisotopic (exact) mass is 174 g/mol. The van der Waals surface area contributed by atoms with Gasteiger partial charge >= 0.3 is 0 Å². The molecule has 11 heavy (non-hydrogen) atoms. The van der Waals surface area contributed by atoms with E-state index in [4.69, 9.17) is 33.7 Å². The van der Waals surface area contributed by atoms with Crippen LogP contribution in [0.4, 0.5) is 0 Å². The summed E-state index contributed by atoms with van der Waals surface area (Å²) in [4.78, 5) is 0. The van der Waals surface area contributed by atoms with Gasteiger partial charge in [-0.05, 0) is 0 Å². The Bertz CT molecular complexity index is 219. The summed E-state index contributed by atoms with van der Waals surface area (Å²) in [5.74, 6) is -0.369. The molecule has 0 amide bonds. The predicted molar refractivity (Wildman–Crippen MR) is 41.9 cm³/mol. The number of rotatable bonds is 3. The lowest BCUT2D eigenvalue weighted by molar-refractivity contribution is 0.867. The summed E-state index contributed by atoms with van der Waals surface area (Å²) in [7, 11) is 0. The molecule has 0 aliphatic rings. The van der Waals surface area contributed by atoms with Crippen LogP contribution in [-0.4, -0.2) is 11.5 Å². The van der Waals surface area contributed by atoms with Gasteiger partial charge in [0.25, 0.3) is 0 Å². The Kier molecular flexibility index (Phi) is 3.82. The summed E-state index contributed by atoms with van der Waals surface area (Å²) in [6.07, 6.45) is 0.990. The molecule has 0 atom stereocenters. The van der Waals surface area contributed by atoms with Crippen molar-refractivity contribution in [3.05, 3.63) is 11.2 Å². The van der Waals surface area contributed by atoms with Crippen molar-refractivity contribution in [2.45, 2.75) is 0 Å². The first-order valence-electron chi connectivity index (χ1n) is 2.51. The van der Waals surface area contributed by atoms with E-state index in [1.165, 1.54) is 0 Å². The standard InChI is InChI=1S/C4H7ClN6/c5-2(1-6)3(7)4(8)10-11-9/h1,7H,6H2,(H3,8,9,10)/b2-1+,7-3?. The van der Waals surface area contributed by atoms with Crippen LogP contribution in [-0.2, 0) is 0 Å². The summed E-state index contributed by atoms with van der Waals surface area (Å²) in [6.45, 7) is 0. The first-order chi connectivity index (χ1) is 5.13. The van der Waals surface area contributed by atoms with Gasteiger partial charge in [0.1, 0.15) is 5.71 Å². The summed E-state index contributed by atoms with van der Waals surface area (Å²) >= 11 is 5.37. The lowest BCUT2D eigenvalue weighted by atomic mass is 10.3. The van der Waals surface area contributed by atoms with Crippen LogP contribution < -0.4 is 11.2 Å². The molecule has 0 aromatic heterocycles. The van der Waals surface area contributed by atoms with Crippen molar-refractivity contribution >= 4 is 23.1 Å². The van der Waals surface area contributed by atoms with Gasteiger partial charge in [0.15, 0.2) is 5.84 Å². The summed E-state index contributed by atoms with van der Waals surface area (Å²) < 4.78 is 0. The molecule has 0 heterocycles. The number of amidine groups is 1. The molecule has 0 radical (unpaired) electrons. The van der Waals surface area contributed by atoms with Gasteiger partial charge in [-0.3, -0.25) is 10.8 Å². The molecule has 6 nitrogen and oxygen atoms in total. The molecule has 0 spiro atoms. The Morgan fingerprint density at radius 3 is 2.45 bits per heavy atom. The molecule has 0 unspecified atom stereocenters. The number of hydrogen-bond donors (Lipinski definition) is 5. The van der Waals surface area contributed by atoms with Gasteiger partial charge in [0.05, 0.1) is 5.03 Å². The fraction of sp³-hybridized carbons (Fsp3) is 0. The average molecular weight is 175 g/mol. The first-order valence-corrected chi connectivity index (χ1v) is 2.89. The van der Waals surface area contributed by atoms with Crippen molar-refractivity contribution in [1.29, 1.82) is 16.3 Å². The molecule has 0 saturated heterocycles. The highest BCUT2D eigenvalue weighted by atomic mass is 35.5. The lowest BCUT2D eigenvalue weighted by Crippen LogP contribution is -2.25. The maximum atomic E-state index is 7.09. The minimum absolute atomic E-state index is 0.0637. The van der Waals surface area contributed by atoms with Crippen molar-refractivity contribution in [1.82, 2.24) is 5.43 Å². The van der Waals surface area contributed by atoms with Crippen LogP contribution >= 0.6 is 11.6 Å². The van der Waals surface area contributed by atoms with E-state index in [0.717, 1.165) is 6.20 Å². The largest absolute Gasteiger partial charge is 0.403 e. The second kappa shape index (κ2) is 4.40. The van der Waals surface area contributed by atoms with Gasteiger partial charge in [0, 0.05) is 6.20 Å². The number of nitrogens with two attached hydrogens (primary N) is 1. The van der Waals surface area contributed by atoms with Crippen LogP contribution in [0.5, 0.6) is 0 Å². The van der Waals surface area contributed by atoms with Gasteiger partial charge in [-0.15, -0.1) is 0 Å². The summed E-state index contributed by atoms with van der Waals surface area (Å²) in [5.41, 5.74) is 12.9. The van der Waals surface area contributed by atoms with Crippen molar-refractivity contribution in [2.75, 3.05) is 0 Å². The van der Waals surface area contributed by atoms with E-state index in [1.807, 2.05) is 5.43 Å². The van der Waals surface area contributed by atoms with Gasteiger partial charge < -0.3 is 5.73 Å². The van der Waals surface area contributed by atoms with Crippen LogP contribution in [0.1, 0.15) is 0 Å². The molecule has 0 aromatic rings. The second-order valence-electron chi connectivity index (χ2n) is 1.49.